The molecule has 1 aliphatic rings. The van der Waals surface area contributed by atoms with Crippen molar-refractivity contribution in [1.29, 1.82) is 0 Å². The predicted molar refractivity (Wildman–Crippen MR) is 128 cm³/mol. The summed E-state index contributed by atoms with van der Waals surface area (Å²) in [5, 5.41) is 0. The molecular formula is C24H27N5O3S. The van der Waals surface area contributed by atoms with Crippen LogP contribution in [0, 0.1) is 6.92 Å². The number of carbonyl (C=O) groups is 1. The number of hydrogen-bond donors (Lipinski definition) is 0. The van der Waals surface area contributed by atoms with Gasteiger partial charge in [-0.25, -0.2) is 18.4 Å². The lowest BCUT2D eigenvalue weighted by Crippen LogP contribution is -2.49. The number of amides is 1. The summed E-state index contributed by atoms with van der Waals surface area (Å²) in [5.74, 6) is 0.469. The van der Waals surface area contributed by atoms with Gasteiger partial charge in [-0.2, -0.15) is 0 Å². The van der Waals surface area contributed by atoms with E-state index in [1.54, 1.807) is 73.6 Å². The number of aromatic nitrogens is 2. The number of benzene rings is 2. The molecule has 0 radical (unpaired) electrons. The SMILES string of the molecule is CCN(c1ccccc1)S(=O)(=O)c1cc(C(=O)N2CCN(c3ncccn3)CC2)ccc1C. The molecule has 0 saturated carbocycles. The van der Waals surface area contributed by atoms with Gasteiger partial charge in [0.15, 0.2) is 0 Å². The summed E-state index contributed by atoms with van der Waals surface area (Å²) in [4.78, 5) is 25.7. The van der Waals surface area contributed by atoms with E-state index >= 15 is 0 Å². The van der Waals surface area contributed by atoms with Crippen LogP contribution >= 0.6 is 0 Å². The van der Waals surface area contributed by atoms with Crippen molar-refractivity contribution >= 4 is 27.6 Å². The first-order chi connectivity index (χ1) is 15.9. The minimum absolute atomic E-state index is 0.148. The molecule has 9 heteroatoms. The predicted octanol–water partition coefficient (Wildman–Crippen LogP) is 2.96. The van der Waals surface area contributed by atoms with Gasteiger partial charge in [-0.15, -0.1) is 0 Å². The Morgan fingerprint density at radius 2 is 1.64 bits per heavy atom. The van der Waals surface area contributed by atoms with Crippen LogP contribution < -0.4 is 9.21 Å². The van der Waals surface area contributed by atoms with Crippen LogP contribution in [0.3, 0.4) is 0 Å². The number of hydrogen-bond acceptors (Lipinski definition) is 6. The first kappa shape index (κ1) is 22.7. The lowest BCUT2D eigenvalue weighted by Gasteiger charge is -2.34. The van der Waals surface area contributed by atoms with Crippen molar-refractivity contribution < 1.29 is 13.2 Å². The van der Waals surface area contributed by atoms with Crippen molar-refractivity contribution in [2.24, 2.45) is 0 Å². The zero-order valence-electron chi connectivity index (χ0n) is 18.8. The first-order valence-corrected chi connectivity index (χ1v) is 12.4. The van der Waals surface area contributed by atoms with E-state index in [9.17, 15) is 13.2 Å². The molecule has 172 valence electrons. The van der Waals surface area contributed by atoms with E-state index in [2.05, 4.69) is 9.97 Å². The van der Waals surface area contributed by atoms with Gasteiger partial charge in [-0.05, 0) is 49.7 Å². The second kappa shape index (κ2) is 9.58. The normalized spacial score (nSPS) is 14.2. The topological polar surface area (TPSA) is 86.7 Å². The fourth-order valence-electron chi connectivity index (χ4n) is 3.96. The average molecular weight is 466 g/mol. The molecule has 1 amide bonds. The summed E-state index contributed by atoms with van der Waals surface area (Å²) < 4.78 is 28.4. The Morgan fingerprint density at radius 3 is 2.27 bits per heavy atom. The Balaban J connectivity index is 1.55. The quantitative estimate of drug-likeness (QED) is 0.556. The van der Waals surface area contributed by atoms with Crippen LogP contribution in [-0.2, 0) is 10.0 Å². The van der Waals surface area contributed by atoms with Gasteiger partial charge in [0.1, 0.15) is 0 Å². The van der Waals surface area contributed by atoms with Crippen LogP contribution in [-0.4, -0.2) is 61.9 Å². The van der Waals surface area contributed by atoms with Crippen molar-refractivity contribution in [1.82, 2.24) is 14.9 Å². The second-order valence-corrected chi connectivity index (χ2v) is 9.64. The summed E-state index contributed by atoms with van der Waals surface area (Å²) in [5.41, 5.74) is 1.56. The molecule has 1 aliphatic heterocycles. The Morgan fingerprint density at radius 1 is 0.970 bits per heavy atom. The number of aryl methyl sites for hydroxylation is 1. The van der Waals surface area contributed by atoms with E-state index in [1.807, 2.05) is 11.0 Å². The van der Waals surface area contributed by atoms with E-state index < -0.39 is 10.0 Å². The lowest BCUT2D eigenvalue weighted by atomic mass is 10.1. The summed E-state index contributed by atoms with van der Waals surface area (Å²) in [7, 11) is -3.83. The Hall–Kier alpha value is -3.46. The number of carbonyl (C=O) groups excluding carboxylic acids is 1. The highest BCUT2D eigenvalue weighted by Gasteiger charge is 2.28. The summed E-state index contributed by atoms with van der Waals surface area (Å²) >= 11 is 0. The molecule has 0 bridgehead atoms. The smallest absolute Gasteiger partial charge is 0.264 e. The van der Waals surface area contributed by atoms with Gasteiger partial charge in [0.25, 0.3) is 15.9 Å². The minimum Gasteiger partial charge on any atom is -0.337 e. The van der Waals surface area contributed by atoms with Gasteiger partial charge in [-0.1, -0.05) is 24.3 Å². The number of rotatable bonds is 6. The van der Waals surface area contributed by atoms with E-state index in [1.165, 1.54) is 10.4 Å². The molecule has 0 N–H and O–H groups in total. The maximum Gasteiger partial charge on any atom is 0.264 e. The van der Waals surface area contributed by atoms with Gasteiger partial charge in [0.05, 0.1) is 10.6 Å². The maximum absolute atomic E-state index is 13.5. The van der Waals surface area contributed by atoms with Crippen LogP contribution in [0.15, 0.2) is 71.9 Å². The number of sulfonamides is 1. The molecule has 0 atom stereocenters. The number of piperazine rings is 1. The molecule has 33 heavy (non-hydrogen) atoms. The first-order valence-electron chi connectivity index (χ1n) is 10.9. The molecular weight excluding hydrogens is 438 g/mol. The van der Waals surface area contributed by atoms with Crippen molar-refractivity contribution in [3.8, 4) is 0 Å². The third kappa shape index (κ3) is 4.68. The van der Waals surface area contributed by atoms with E-state index in [0.717, 1.165) is 0 Å². The van der Waals surface area contributed by atoms with Crippen LogP contribution in [0.4, 0.5) is 11.6 Å². The fraction of sp³-hybridized carbons (Fsp3) is 0.292. The highest BCUT2D eigenvalue weighted by atomic mass is 32.2. The number of anilines is 2. The Labute approximate surface area is 194 Å². The molecule has 4 rings (SSSR count). The largest absolute Gasteiger partial charge is 0.337 e. The zero-order chi connectivity index (χ0) is 23.4. The van der Waals surface area contributed by atoms with E-state index in [0.29, 0.717) is 48.9 Å². The molecule has 1 aromatic heterocycles. The molecule has 0 spiro atoms. The van der Waals surface area contributed by atoms with Gasteiger partial charge >= 0.3 is 0 Å². The zero-order valence-corrected chi connectivity index (χ0v) is 19.6. The summed E-state index contributed by atoms with van der Waals surface area (Å²) in [6.45, 7) is 6.09. The third-order valence-electron chi connectivity index (χ3n) is 5.74. The van der Waals surface area contributed by atoms with Gasteiger partial charge < -0.3 is 9.80 Å². The van der Waals surface area contributed by atoms with Gasteiger partial charge in [0.2, 0.25) is 5.95 Å². The van der Waals surface area contributed by atoms with E-state index in [-0.39, 0.29) is 17.3 Å². The highest BCUT2D eigenvalue weighted by molar-refractivity contribution is 7.92. The molecule has 8 nitrogen and oxygen atoms in total. The van der Waals surface area contributed by atoms with Crippen molar-refractivity contribution in [3.05, 3.63) is 78.1 Å². The lowest BCUT2D eigenvalue weighted by molar-refractivity contribution is 0.0746. The van der Waals surface area contributed by atoms with Crippen LogP contribution in [0.1, 0.15) is 22.8 Å². The Bertz CT molecular complexity index is 1210. The fourth-order valence-corrected chi connectivity index (χ4v) is 5.69. The monoisotopic (exact) mass is 465 g/mol. The van der Waals surface area contributed by atoms with Crippen molar-refractivity contribution in [2.45, 2.75) is 18.7 Å². The summed E-state index contributed by atoms with van der Waals surface area (Å²) in [6.07, 6.45) is 3.40. The molecule has 0 aliphatic carbocycles. The third-order valence-corrected chi connectivity index (χ3v) is 7.78. The summed E-state index contributed by atoms with van der Waals surface area (Å²) in [6, 6.07) is 15.7. The highest BCUT2D eigenvalue weighted by Crippen LogP contribution is 2.27. The molecule has 3 aromatic rings. The van der Waals surface area contributed by atoms with Crippen molar-refractivity contribution in [3.63, 3.8) is 0 Å². The minimum atomic E-state index is -3.83. The van der Waals surface area contributed by atoms with E-state index in [4.69, 9.17) is 0 Å². The van der Waals surface area contributed by atoms with Gasteiger partial charge in [0, 0.05) is 50.7 Å². The molecule has 2 heterocycles. The molecule has 0 unspecified atom stereocenters. The van der Waals surface area contributed by atoms with Crippen LogP contribution in [0.5, 0.6) is 0 Å². The molecule has 1 fully saturated rings. The number of para-hydroxylation sites is 1. The molecule has 2 aromatic carbocycles. The molecule has 1 saturated heterocycles. The van der Waals surface area contributed by atoms with Crippen LogP contribution in [0.25, 0.3) is 0 Å². The number of nitrogens with zero attached hydrogens (tertiary/aromatic N) is 5. The average Bonchev–Trinajstić information content (AvgIpc) is 2.85. The second-order valence-electron chi connectivity index (χ2n) is 7.81. The standard InChI is InChI=1S/C24H27N5O3S/c1-3-29(21-8-5-4-6-9-21)33(31,32)22-18-20(11-10-19(22)2)23(30)27-14-16-28(17-15-27)24-25-12-7-13-26-24/h4-13,18H,3,14-17H2,1-2H3. The Kier molecular flexibility index (Phi) is 6.60. The van der Waals surface area contributed by atoms with Crippen molar-refractivity contribution in [2.75, 3.05) is 41.9 Å². The van der Waals surface area contributed by atoms with Gasteiger partial charge in [-0.3, -0.25) is 9.10 Å². The maximum atomic E-state index is 13.5. The van der Waals surface area contributed by atoms with Crippen LogP contribution in [0.2, 0.25) is 0 Å².